The smallest absolute Gasteiger partial charge is 0.332 e. The molecule has 0 radical (unpaired) electrons. The second-order valence-electron chi connectivity index (χ2n) is 34.8. The highest BCUT2D eigenvalue weighted by molar-refractivity contribution is 6.00. The highest BCUT2D eigenvalue weighted by Gasteiger charge is 2.24. The maximum atomic E-state index is 10.8. The van der Waals surface area contributed by atoms with E-state index in [1.165, 1.54) is 84.5 Å². The van der Waals surface area contributed by atoms with Crippen LogP contribution in [0.15, 0.2) is 215 Å². The summed E-state index contributed by atoms with van der Waals surface area (Å²) in [5.41, 5.74) is 50.1. The summed E-state index contributed by atoms with van der Waals surface area (Å²) in [6.07, 6.45) is 22.7. The van der Waals surface area contributed by atoms with Crippen molar-refractivity contribution in [3.05, 3.63) is 239 Å². The van der Waals surface area contributed by atoms with Crippen LogP contribution in [-0.4, -0.2) is 220 Å². The number of carbonyl (C=O) groups is 2. The molecule has 4 aliphatic rings. The van der Waals surface area contributed by atoms with Crippen LogP contribution in [0, 0.1) is 45.3 Å². The zero-order valence-corrected chi connectivity index (χ0v) is 80.1. The van der Waals surface area contributed by atoms with Crippen molar-refractivity contribution in [1.29, 1.82) is 21.6 Å². The number of piperidine rings is 4. The largest absolute Gasteiger partial charge is 0.494 e. The van der Waals surface area contributed by atoms with Gasteiger partial charge in [-0.2, -0.15) is 0 Å². The molecule has 0 spiro atoms. The van der Waals surface area contributed by atoms with Crippen molar-refractivity contribution < 1.29 is 67.6 Å². The molecule has 4 aliphatic heterocycles. The molecule has 34 heteroatoms. The van der Waals surface area contributed by atoms with E-state index in [0.717, 1.165) is 241 Å². The number of benzene rings is 8. The molecule has 8 aromatic carbocycles. The molecule has 744 valence electrons. The number of amidine groups is 8. The zero-order valence-electron chi connectivity index (χ0n) is 80.1. The number of nitrogens with zero attached hydrogens (tertiary/aromatic N) is 8. The van der Waals surface area contributed by atoms with Crippen LogP contribution in [0.1, 0.15) is 187 Å². The fourth-order valence-corrected chi connectivity index (χ4v) is 16.4. The lowest BCUT2D eigenvalue weighted by molar-refractivity contribution is -0.141. The van der Waals surface area contributed by atoms with Crippen LogP contribution in [0.5, 0.6) is 46.0 Å². The van der Waals surface area contributed by atoms with Crippen molar-refractivity contribution >= 4 is 58.6 Å². The first-order valence-corrected chi connectivity index (χ1v) is 48.0. The molecular weight excluding hydrogens is 1750 g/mol. The number of rotatable bonds is 50. The van der Waals surface area contributed by atoms with Gasteiger partial charge in [0.15, 0.2) is 23.3 Å². The van der Waals surface area contributed by atoms with Gasteiger partial charge in [0.05, 0.1) is 52.9 Å². The van der Waals surface area contributed by atoms with Crippen LogP contribution in [-0.2, 0) is 19.3 Å². The summed E-state index contributed by atoms with van der Waals surface area (Å²) in [4.78, 5) is 40.9. The van der Waals surface area contributed by atoms with E-state index in [9.17, 15) is 9.59 Å². The number of carbonyl (C=O) groups excluding carboxylic acids is 2. The first-order valence-electron chi connectivity index (χ1n) is 48.0. The van der Waals surface area contributed by atoms with Gasteiger partial charge in [-0.3, -0.25) is 21.6 Å². The van der Waals surface area contributed by atoms with E-state index in [1.807, 2.05) is 146 Å². The van der Waals surface area contributed by atoms with Crippen LogP contribution >= 0.6 is 0 Å². The molecule has 8 aromatic rings. The molecular formula is C104H144N20O14. The van der Waals surface area contributed by atoms with Crippen LogP contribution < -0.4 is 83.8 Å². The Morgan fingerprint density at radius 1 is 0.268 bits per heavy atom. The molecule has 138 heavy (non-hydrogen) atoms. The van der Waals surface area contributed by atoms with E-state index < -0.39 is 11.9 Å². The van der Waals surface area contributed by atoms with Gasteiger partial charge in [-0.1, -0.05) is 20.6 Å². The van der Waals surface area contributed by atoms with Gasteiger partial charge in [-0.05, 0) is 399 Å². The quantitative estimate of drug-likeness (QED) is 0.00420. The van der Waals surface area contributed by atoms with Crippen molar-refractivity contribution in [2.45, 2.75) is 142 Å². The number of nitrogen functional groups attached to an aromatic ring is 4. The minimum atomic E-state index is -0.518. The van der Waals surface area contributed by atoms with Gasteiger partial charge in [-0.15, -0.1) is 0 Å². The van der Waals surface area contributed by atoms with E-state index in [2.05, 4.69) is 49.9 Å². The number of hydrogen-bond donors (Lipinski definition) is 14. The lowest BCUT2D eigenvalue weighted by Gasteiger charge is -2.32. The van der Waals surface area contributed by atoms with Crippen molar-refractivity contribution in [2.24, 2.45) is 90.2 Å². The second-order valence-corrected chi connectivity index (χ2v) is 34.8. The predicted octanol–water partition coefficient (Wildman–Crippen LogP) is 13.8. The summed E-state index contributed by atoms with van der Waals surface area (Å²) >= 11 is 0. The summed E-state index contributed by atoms with van der Waals surface area (Å²) in [6.45, 7) is 21.4. The third kappa shape index (κ3) is 41.5. The lowest BCUT2D eigenvalue weighted by Crippen LogP contribution is -2.35. The van der Waals surface area contributed by atoms with Crippen molar-refractivity contribution in [2.75, 3.05) is 131 Å². The highest BCUT2D eigenvalue weighted by Crippen LogP contribution is 2.29. The molecule has 0 amide bonds. The Bertz CT molecular complexity index is 4580. The highest BCUT2D eigenvalue weighted by atomic mass is 16.7. The molecule has 22 N–H and O–H groups in total. The maximum Gasteiger partial charge on any atom is 0.332 e. The minimum Gasteiger partial charge on any atom is -0.494 e. The molecule has 4 heterocycles. The third-order valence-electron chi connectivity index (χ3n) is 24.5. The van der Waals surface area contributed by atoms with Gasteiger partial charge in [-0.25, -0.2) is 9.59 Å². The number of likely N-dealkylation sites (tertiary alicyclic amines) is 4. The summed E-state index contributed by atoms with van der Waals surface area (Å²) in [6, 6.07) is 58.5. The van der Waals surface area contributed by atoms with Crippen molar-refractivity contribution in [1.82, 2.24) is 19.6 Å². The zero-order chi connectivity index (χ0) is 98.4. The summed E-state index contributed by atoms with van der Waals surface area (Å²) in [5.74, 6) is 9.23. The summed E-state index contributed by atoms with van der Waals surface area (Å²) < 4.78 is 46.6. The normalized spacial score (nSPS) is 15.1. The van der Waals surface area contributed by atoms with Gasteiger partial charge >= 0.3 is 11.9 Å². The SMILES string of the molecule is CC(=O)O/N=C(\N)c1ccc(OCCCC2CCN(CCCOc3ccc(/C(N)=N/OC(C)=O)cc3)CC2)cc1.N/C(=N\O)c1ccc(OCCCC2CCN(CCCOc3ccc(/C(N)=N/O)cc3)CC2)cc1.N=C(N)c1ccc(OCCCC2CCN(CCCOc3ccc(C(=N)N)cc3)CC2)cc1.N=C(N)c1ccc(OCCCC2CCN(CCCOc3ccc(C(=N)N)cc3)CC2)cc1. The van der Waals surface area contributed by atoms with Crippen molar-refractivity contribution in [3.8, 4) is 46.0 Å². The molecule has 0 aromatic heterocycles. The van der Waals surface area contributed by atoms with E-state index >= 15 is 0 Å². The van der Waals surface area contributed by atoms with Gasteiger partial charge in [0.1, 0.15) is 69.3 Å². The van der Waals surface area contributed by atoms with E-state index in [4.69, 9.17) is 116 Å². The van der Waals surface area contributed by atoms with E-state index in [1.54, 1.807) is 48.5 Å². The number of oxime groups is 4. The summed E-state index contributed by atoms with van der Waals surface area (Å²) in [5, 5.41) is 60.2. The van der Waals surface area contributed by atoms with Crippen LogP contribution in [0.25, 0.3) is 0 Å². The Labute approximate surface area is 811 Å². The molecule has 0 bridgehead atoms. The number of nitrogens with one attached hydrogen (secondary N) is 4. The maximum absolute atomic E-state index is 10.8. The fourth-order valence-electron chi connectivity index (χ4n) is 16.4. The Morgan fingerprint density at radius 3 is 0.587 bits per heavy atom. The number of ether oxygens (including phenoxy) is 8. The van der Waals surface area contributed by atoms with Crippen LogP contribution in [0.4, 0.5) is 0 Å². The van der Waals surface area contributed by atoms with E-state index in [0.29, 0.717) is 61.9 Å². The topological polar surface area (TPSA) is 533 Å². The molecule has 0 saturated carbocycles. The molecule has 0 unspecified atom stereocenters. The minimum absolute atomic E-state index is 0.0768. The van der Waals surface area contributed by atoms with Gasteiger partial charge < -0.3 is 123 Å². The first-order chi connectivity index (χ1) is 66.9. The molecule has 12 rings (SSSR count). The standard InChI is InChI=1S/C29H39N5O6.C25H35N5O4.2C25H35N5O2/c1-21(35)39-32-28(30)24-6-10-26(11-7-24)37-19-3-5-23-14-17-34(18-15-23)16-4-20-38-27-12-8-25(9-13-27)29(31)33-40-22(2)36;26-24(28-31)20-4-8-22(9-5-20)33-17-1-3-19-12-15-30(16-13-19)14-2-18-34-23-10-6-21(7-11-23)25(27)29-32;2*26-24(27)20-4-8-22(9-5-20)31-17-1-3-19-12-15-30(16-13-19)14-2-18-32-23-10-6-21(7-11-23)25(28)29/h6-13,23H,3-5,14-20H2,1-2H3,(H2,30,32)(H2,31,33);4-11,19,31-32H,1-3,12-18H2,(H2,26,28)(H2,27,29);2*4-11,19H,1-3,12-18H2,(H3,26,27)(H3,28,29). The Hall–Kier alpha value is -13.7. The number of hydrogen-bond acceptors (Lipinski definition) is 26. The fraction of sp³-hybridized carbons (Fsp3) is 0.442. The molecule has 34 nitrogen and oxygen atoms in total. The molecule has 4 saturated heterocycles. The third-order valence-corrected chi connectivity index (χ3v) is 24.5. The average molecular weight is 1900 g/mol. The van der Waals surface area contributed by atoms with Gasteiger partial charge in [0.2, 0.25) is 0 Å². The Balaban J connectivity index is 0.000000207. The molecule has 4 fully saturated rings. The first kappa shape index (κ1) is 108. The van der Waals surface area contributed by atoms with Crippen LogP contribution in [0.2, 0.25) is 0 Å². The van der Waals surface area contributed by atoms with E-state index in [-0.39, 0.29) is 46.7 Å². The van der Waals surface area contributed by atoms with Gasteiger partial charge in [0, 0.05) is 84.5 Å². The monoisotopic (exact) mass is 1900 g/mol. The second kappa shape index (κ2) is 60.7. The average Bonchev–Trinajstić information content (AvgIpc) is 0.885. The predicted molar refractivity (Wildman–Crippen MR) is 542 cm³/mol. The lowest BCUT2D eigenvalue weighted by atomic mass is 9.92. The number of nitrogens with two attached hydrogens (primary N) is 8. The summed E-state index contributed by atoms with van der Waals surface area (Å²) in [7, 11) is 0. The Morgan fingerprint density at radius 2 is 0.428 bits per heavy atom. The van der Waals surface area contributed by atoms with Gasteiger partial charge in [0.25, 0.3) is 0 Å². The Kier molecular flexibility index (Phi) is 47.5. The molecule has 0 atom stereocenters. The van der Waals surface area contributed by atoms with Crippen LogP contribution in [0.3, 0.4) is 0 Å². The van der Waals surface area contributed by atoms with Crippen molar-refractivity contribution in [3.63, 3.8) is 0 Å². The molecule has 0 aliphatic carbocycles.